The Bertz CT molecular complexity index is 375. The summed E-state index contributed by atoms with van der Waals surface area (Å²) in [6.07, 6.45) is 2.18. The van der Waals surface area contributed by atoms with Gasteiger partial charge in [0.2, 0.25) is 5.91 Å². The fourth-order valence-electron chi connectivity index (χ4n) is 2.13. The molecule has 19 heavy (non-hydrogen) atoms. The van der Waals surface area contributed by atoms with Crippen LogP contribution >= 0.6 is 11.8 Å². The summed E-state index contributed by atoms with van der Waals surface area (Å²) in [6, 6.07) is -0.702. The average molecular weight is 287 g/mol. The number of aliphatic carboxylic acids is 1. The van der Waals surface area contributed by atoms with E-state index in [1.54, 1.807) is 11.8 Å². The number of carbonyl (C=O) groups is 2. The van der Waals surface area contributed by atoms with Crippen LogP contribution in [0.5, 0.6) is 0 Å². The highest BCUT2D eigenvalue weighted by Crippen LogP contribution is 2.45. The maximum absolute atomic E-state index is 12.3. The van der Waals surface area contributed by atoms with Crippen molar-refractivity contribution < 1.29 is 19.4 Å². The molecule has 1 amide bonds. The van der Waals surface area contributed by atoms with Crippen LogP contribution in [0.2, 0.25) is 0 Å². The van der Waals surface area contributed by atoms with E-state index in [1.165, 1.54) is 4.90 Å². The number of hydrogen-bond acceptors (Lipinski definition) is 4. The molecule has 1 N–H and O–H groups in total. The van der Waals surface area contributed by atoms with E-state index in [2.05, 4.69) is 0 Å². The maximum atomic E-state index is 12.3. The number of carboxylic acid groups (broad SMARTS) is 1. The molecule has 1 heterocycles. The van der Waals surface area contributed by atoms with Gasteiger partial charge in [0.25, 0.3) is 0 Å². The molecule has 0 bridgehead atoms. The Balaban J connectivity index is 2.03. The molecule has 1 aliphatic carbocycles. The Morgan fingerprint density at radius 3 is 2.47 bits per heavy atom. The van der Waals surface area contributed by atoms with Gasteiger partial charge >= 0.3 is 5.97 Å². The lowest BCUT2D eigenvalue weighted by molar-refractivity contribution is -0.153. The predicted molar refractivity (Wildman–Crippen MR) is 72.9 cm³/mol. The third-order valence-corrected chi connectivity index (χ3v) is 4.72. The maximum Gasteiger partial charge on any atom is 0.327 e. The van der Waals surface area contributed by atoms with Gasteiger partial charge in [-0.1, -0.05) is 0 Å². The van der Waals surface area contributed by atoms with Crippen LogP contribution in [0.4, 0.5) is 0 Å². The number of thioether (sulfide) groups is 1. The summed E-state index contributed by atoms with van der Waals surface area (Å²) < 4.78 is 5.49. The van der Waals surface area contributed by atoms with Crippen molar-refractivity contribution in [1.29, 1.82) is 0 Å². The molecule has 2 unspecified atom stereocenters. The van der Waals surface area contributed by atoms with Crippen molar-refractivity contribution in [3.8, 4) is 0 Å². The molecule has 108 valence electrons. The number of rotatable bonds is 4. The topological polar surface area (TPSA) is 66.8 Å². The molecule has 2 atom stereocenters. The van der Waals surface area contributed by atoms with Gasteiger partial charge in [0, 0.05) is 5.75 Å². The Hall–Kier alpha value is -0.750. The lowest BCUT2D eigenvalue weighted by Crippen LogP contribution is -2.48. The molecule has 0 aromatic rings. The summed E-state index contributed by atoms with van der Waals surface area (Å²) in [5, 5.41) is 9.26. The largest absolute Gasteiger partial charge is 0.480 e. The summed E-state index contributed by atoms with van der Waals surface area (Å²) in [4.78, 5) is 25.1. The van der Waals surface area contributed by atoms with Crippen molar-refractivity contribution in [2.24, 2.45) is 5.92 Å². The number of nitrogens with zero attached hydrogens (tertiary/aromatic N) is 1. The zero-order valence-electron chi connectivity index (χ0n) is 11.6. The molecular weight excluding hydrogens is 266 g/mol. The summed E-state index contributed by atoms with van der Waals surface area (Å²) in [7, 11) is 0. The van der Waals surface area contributed by atoms with Crippen LogP contribution in [-0.2, 0) is 14.3 Å². The first-order valence-electron chi connectivity index (χ1n) is 6.59. The fourth-order valence-corrected chi connectivity index (χ4v) is 3.78. The molecule has 0 spiro atoms. The van der Waals surface area contributed by atoms with Crippen molar-refractivity contribution in [1.82, 2.24) is 4.90 Å². The van der Waals surface area contributed by atoms with Crippen LogP contribution in [-0.4, -0.2) is 51.3 Å². The van der Waals surface area contributed by atoms with Gasteiger partial charge < -0.3 is 14.7 Å². The third-order valence-electron chi connectivity index (χ3n) is 3.26. The monoisotopic (exact) mass is 287 g/mol. The van der Waals surface area contributed by atoms with Gasteiger partial charge in [-0.3, -0.25) is 4.79 Å². The number of ether oxygens (including phenoxy) is 1. The zero-order valence-corrected chi connectivity index (χ0v) is 12.4. The molecule has 0 aromatic carbocycles. The van der Waals surface area contributed by atoms with Gasteiger partial charge in [-0.25, -0.2) is 4.79 Å². The molecule has 0 aromatic heterocycles. The zero-order chi connectivity index (χ0) is 14.2. The second kappa shape index (κ2) is 5.32. The van der Waals surface area contributed by atoms with Gasteiger partial charge in [0.15, 0.2) is 0 Å². The minimum absolute atomic E-state index is 0.0252. The molecule has 2 aliphatic rings. The van der Waals surface area contributed by atoms with E-state index in [9.17, 15) is 14.7 Å². The van der Waals surface area contributed by atoms with Gasteiger partial charge in [0.05, 0.1) is 11.0 Å². The normalized spacial score (nSPS) is 27.6. The molecule has 2 fully saturated rings. The van der Waals surface area contributed by atoms with Crippen LogP contribution in [0, 0.1) is 5.92 Å². The molecule has 1 saturated carbocycles. The molecule has 1 saturated heterocycles. The van der Waals surface area contributed by atoms with Crippen molar-refractivity contribution >= 4 is 23.6 Å². The van der Waals surface area contributed by atoms with E-state index in [-0.39, 0.29) is 17.9 Å². The number of amides is 1. The second-order valence-electron chi connectivity index (χ2n) is 6.12. The van der Waals surface area contributed by atoms with Crippen molar-refractivity contribution in [3.05, 3.63) is 0 Å². The average Bonchev–Trinajstić information content (AvgIpc) is 3.03. The minimum atomic E-state index is -0.917. The summed E-state index contributed by atoms with van der Waals surface area (Å²) in [6.45, 7) is 5.60. The van der Waals surface area contributed by atoms with Crippen molar-refractivity contribution in [3.63, 3.8) is 0 Å². The third kappa shape index (κ3) is 3.63. The number of hydrogen-bond donors (Lipinski definition) is 1. The van der Waals surface area contributed by atoms with E-state index in [0.717, 1.165) is 12.8 Å². The molecule has 6 heteroatoms. The Morgan fingerprint density at radius 1 is 1.37 bits per heavy atom. The van der Waals surface area contributed by atoms with Gasteiger partial charge in [-0.2, -0.15) is 0 Å². The van der Waals surface area contributed by atoms with E-state index in [4.69, 9.17) is 4.74 Å². The van der Waals surface area contributed by atoms with E-state index < -0.39 is 17.6 Å². The van der Waals surface area contributed by atoms with E-state index >= 15 is 0 Å². The Kier molecular flexibility index (Phi) is 4.11. The van der Waals surface area contributed by atoms with Crippen molar-refractivity contribution in [2.75, 3.05) is 12.4 Å². The number of carboxylic acids is 1. The van der Waals surface area contributed by atoms with Gasteiger partial charge in [-0.05, 0) is 39.5 Å². The van der Waals surface area contributed by atoms with Crippen LogP contribution in [0.15, 0.2) is 0 Å². The van der Waals surface area contributed by atoms with Crippen molar-refractivity contribution in [2.45, 2.75) is 50.6 Å². The quantitative estimate of drug-likeness (QED) is 0.850. The minimum Gasteiger partial charge on any atom is -0.480 e. The first-order valence-corrected chi connectivity index (χ1v) is 7.64. The van der Waals surface area contributed by atoms with Gasteiger partial charge in [-0.15, -0.1) is 11.8 Å². The molecule has 5 nitrogen and oxygen atoms in total. The smallest absolute Gasteiger partial charge is 0.327 e. The van der Waals surface area contributed by atoms with E-state index in [1.807, 2.05) is 20.8 Å². The molecule has 1 aliphatic heterocycles. The lowest BCUT2D eigenvalue weighted by Gasteiger charge is -2.29. The molecular formula is C13H21NO4S. The Morgan fingerprint density at radius 2 is 2.00 bits per heavy atom. The first-order chi connectivity index (χ1) is 8.79. The highest BCUT2D eigenvalue weighted by atomic mass is 32.2. The molecule has 0 radical (unpaired) electrons. The lowest BCUT2D eigenvalue weighted by atomic mass is 10.2. The number of carbonyl (C=O) groups excluding carboxylic acids is 1. The highest BCUT2D eigenvalue weighted by Gasteiger charge is 2.47. The van der Waals surface area contributed by atoms with Crippen LogP contribution in [0.25, 0.3) is 0 Å². The SMILES string of the molecule is CC(C)(C)OCC(=O)N1C(C(=O)O)CSC1C1CC1. The summed E-state index contributed by atoms with van der Waals surface area (Å²) in [5.74, 6) is -0.172. The molecule has 2 rings (SSSR count). The van der Waals surface area contributed by atoms with Crippen LogP contribution in [0.1, 0.15) is 33.6 Å². The fraction of sp³-hybridized carbons (Fsp3) is 0.846. The van der Waals surface area contributed by atoms with Gasteiger partial charge in [0.1, 0.15) is 12.6 Å². The van der Waals surface area contributed by atoms with Crippen LogP contribution in [0.3, 0.4) is 0 Å². The highest BCUT2D eigenvalue weighted by molar-refractivity contribution is 8.00. The first kappa shape index (κ1) is 14.7. The van der Waals surface area contributed by atoms with Crippen LogP contribution < -0.4 is 0 Å². The standard InChI is InChI=1S/C13H21NO4S/c1-13(2,3)18-6-10(15)14-9(12(16)17)7-19-11(14)8-4-5-8/h8-9,11H,4-7H2,1-3H3,(H,16,17). The summed E-state index contributed by atoms with van der Waals surface area (Å²) in [5.41, 5.74) is -0.393. The second-order valence-corrected chi connectivity index (χ2v) is 7.27. The van der Waals surface area contributed by atoms with E-state index in [0.29, 0.717) is 11.7 Å². The summed E-state index contributed by atoms with van der Waals surface area (Å²) >= 11 is 1.59. The predicted octanol–water partition coefficient (Wildman–Crippen LogP) is 1.57. The Labute approximate surface area is 117 Å².